The summed E-state index contributed by atoms with van der Waals surface area (Å²) in [6, 6.07) is 7.12. The number of aromatic nitrogens is 1. The summed E-state index contributed by atoms with van der Waals surface area (Å²) >= 11 is 0. The maximum Gasteiger partial charge on any atom is 0.204 e. The van der Waals surface area contributed by atoms with Crippen molar-refractivity contribution in [1.82, 2.24) is 4.98 Å². The molecule has 0 bridgehead atoms. The highest BCUT2D eigenvalue weighted by Gasteiger charge is 1.99. The lowest BCUT2D eigenvalue weighted by molar-refractivity contribution is -0.106. The minimum atomic E-state index is 0.250. The summed E-state index contributed by atoms with van der Waals surface area (Å²) in [6.45, 7) is 3.67. The third-order valence-corrected chi connectivity index (χ3v) is 1.97. The van der Waals surface area contributed by atoms with Crippen LogP contribution in [0.2, 0.25) is 0 Å². The molecule has 2 rings (SSSR count). The van der Waals surface area contributed by atoms with Gasteiger partial charge in [0.1, 0.15) is 5.75 Å². The van der Waals surface area contributed by atoms with Gasteiger partial charge in [0.05, 0.1) is 5.69 Å². The van der Waals surface area contributed by atoms with Crippen LogP contribution >= 0.6 is 0 Å². The van der Waals surface area contributed by atoms with Gasteiger partial charge in [-0.25, -0.2) is 0 Å². The monoisotopic (exact) mass is 216 g/mol. The number of fused-ring (bicyclic) bond motifs is 1. The summed E-state index contributed by atoms with van der Waals surface area (Å²) in [6.07, 6.45) is 3.66. The van der Waals surface area contributed by atoms with Gasteiger partial charge in [0.2, 0.25) is 6.41 Å². The first-order valence-corrected chi connectivity index (χ1v) is 4.58. The predicted octanol–water partition coefficient (Wildman–Crippen LogP) is 1.68. The Morgan fingerprint density at radius 2 is 2.06 bits per heavy atom. The van der Waals surface area contributed by atoms with Crippen LogP contribution in [-0.4, -0.2) is 16.5 Å². The number of phenolic OH excluding ortho intramolecular Hbond substituents is 1. The van der Waals surface area contributed by atoms with Gasteiger partial charge in [-0.1, -0.05) is 12.6 Å². The maximum atomic E-state index is 9.29. The van der Waals surface area contributed by atoms with Gasteiger partial charge in [0.25, 0.3) is 0 Å². The van der Waals surface area contributed by atoms with E-state index in [0.29, 0.717) is 0 Å². The molecule has 0 aliphatic carbocycles. The molecule has 1 aromatic carbocycles. The first-order valence-electron chi connectivity index (χ1n) is 4.58. The highest BCUT2D eigenvalue weighted by atomic mass is 16.3. The fourth-order valence-electron chi connectivity index (χ4n) is 1.34. The Kier molecular flexibility index (Phi) is 4.03. The fraction of sp³-hybridized carbons (Fsp3) is 0. The van der Waals surface area contributed by atoms with Crippen LogP contribution < -0.4 is 5.73 Å². The van der Waals surface area contributed by atoms with Gasteiger partial charge in [-0.2, -0.15) is 0 Å². The molecule has 0 atom stereocenters. The molecule has 1 heterocycles. The molecule has 0 radical (unpaired) electrons. The number of primary amides is 1. The van der Waals surface area contributed by atoms with Crippen LogP contribution in [0.5, 0.6) is 5.75 Å². The molecule has 2 aromatic rings. The van der Waals surface area contributed by atoms with E-state index < -0.39 is 0 Å². The number of amides is 1. The van der Waals surface area contributed by atoms with Crippen molar-refractivity contribution in [2.45, 2.75) is 0 Å². The number of phenols is 1. The number of hydrogen-bond acceptors (Lipinski definition) is 3. The lowest BCUT2D eigenvalue weighted by Gasteiger charge is -2.01. The van der Waals surface area contributed by atoms with Crippen molar-refractivity contribution >= 4 is 23.3 Å². The predicted molar refractivity (Wildman–Crippen MR) is 63.8 cm³/mol. The summed E-state index contributed by atoms with van der Waals surface area (Å²) in [5, 5.41) is 11.3. The van der Waals surface area contributed by atoms with E-state index in [1.54, 1.807) is 24.4 Å². The number of carbonyl (C=O) groups excluding carboxylic acids is 1. The van der Waals surface area contributed by atoms with Crippen LogP contribution in [0.1, 0.15) is 5.69 Å². The number of nitrogens with zero attached hydrogens (tertiary/aromatic N) is 1. The van der Waals surface area contributed by atoms with Crippen LogP contribution in [0.3, 0.4) is 0 Å². The van der Waals surface area contributed by atoms with Crippen molar-refractivity contribution in [1.29, 1.82) is 0 Å². The third kappa shape index (κ3) is 2.57. The van der Waals surface area contributed by atoms with Crippen LogP contribution in [0.25, 0.3) is 16.8 Å². The van der Waals surface area contributed by atoms with E-state index in [1.807, 2.05) is 12.1 Å². The largest absolute Gasteiger partial charge is 0.508 e. The number of pyridine rings is 1. The van der Waals surface area contributed by atoms with E-state index in [1.165, 1.54) is 0 Å². The van der Waals surface area contributed by atoms with Crippen molar-refractivity contribution in [3.05, 3.63) is 42.7 Å². The Morgan fingerprint density at radius 1 is 1.38 bits per heavy atom. The van der Waals surface area contributed by atoms with E-state index in [2.05, 4.69) is 17.3 Å². The molecular formula is C12H12N2O2. The lowest BCUT2D eigenvalue weighted by Crippen LogP contribution is -1.82. The molecule has 1 aromatic heterocycles. The Morgan fingerprint density at radius 3 is 2.69 bits per heavy atom. The van der Waals surface area contributed by atoms with Gasteiger partial charge in [0.15, 0.2) is 0 Å². The summed E-state index contributed by atoms with van der Waals surface area (Å²) in [5.41, 5.74) is 4.97. The molecule has 0 aliphatic rings. The zero-order valence-corrected chi connectivity index (χ0v) is 8.63. The van der Waals surface area contributed by atoms with Crippen LogP contribution in [0, 0.1) is 0 Å². The second-order valence-corrected chi connectivity index (χ2v) is 2.94. The number of rotatable bonds is 1. The molecule has 0 aliphatic heterocycles. The van der Waals surface area contributed by atoms with Gasteiger partial charge in [-0.3, -0.25) is 9.78 Å². The highest BCUT2D eigenvalue weighted by molar-refractivity contribution is 5.89. The molecule has 1 amide bonds. The van der Waals surface area contributed by atoms with Crippen molar-refractivity contribution in [2.75, 3.05) is 0 Å². The molecule has 0 saturated heterocycles. The molecule has 16 heavy (non-hydrogen) atoms. The van der Waals surface area contributed by atoms with Crippen molar-refractivity contribution < 1.29 is 9.90 Å². The van der Waals surface area contributed by atoms with Crippen LogP contribution in [0.15, 0.2) is 37.0 Å². The van der Waals surface area contributed by atoms with E-state index in [4.69, 9.17) is 4.79 Å². The Bertz CT molecular complexity index is 509. The van der Waals surface area contributed by atoms with E-state index >= 15 is 0 Å². The number of aromatic hydroxyl groups is 1. The highest BCUT2D eigenvalue weighted by Crippen LogP contribution is 2.22. The first kappa shape index (κ1) is 11.7. The molecule has 82 valence electrons. The number of benzene rings is 1. The summed E-state index contributed by atoms with van der Waals surface area (Å²) in [5.74, 6) is 0.253. The first-order chi connectivity index (χ1) is 7.72. The van der Waals surface area contributed by atoms with Gasteiger partial charge >= 0.3 is 0 Å². The molecule has 4 nitrogen and oxygen atoms in total. The normalized spacial score (nSPS) is 9.00. The zero-order chi connectivity index (χ0) is 12.0. The third-order valence-electron chi connectivity index (χ3n) is 1.97. The topological polar surface area (TPSA) is 76.2 Å². The van der Waals surface area contributed by atoms with Gasteiger partial charge < -0.3 is 10.8 Å². The maximum absolute atomic E-state index is 9.29. The minimum Gasteiger partial charge on any atom is -0.508 e. The zero-order valence-electron chi connectivity index (χ0n) is 8.63. The standard InChI is InChI=1S/C11H9NO.CH3NO/c1-2-11-10-7-9(13)4-3-8(10)5-6-12-11;2-1-3/h2-7,13H,1H2;1H,(H2,2,3). The summed E-state index contributed by atoms with van der Waals surface area (Å²) in [4.78, 5) is 12.7. The van der Waals surface area contributed by atoms with Gasteiger partial charge in [-0.05, 0) is 29.7 Å². The quantitative estimate of drug-likeness (QED) is 0.712. The SMILES string of the molecule is C=Cc1nccc2ccc(O)cc12.NC=O. The Balaban J connectivity index is 0.000000386. The molecule has 0 spiro atoms. The smallest absolute Gasteiger partial charge is 0.204 e. The van der Waals surface area contributed by atoms with Gasteiger partial charge in [0, 0.05) is 11.6 Å². The van der Waals surface area contributed by atoms with E-state index in [-0.39, 0.29) is 12.2 Å². The molecule has 3 N–H and O–H groups in total. The number of carbonyl (C=O) groups is 1. The van der Waals surface area contributed by atoms with Crippen LogP contribution in [-0.2, 0) is 4.79 Å². The molecule has 4 heteroatoms. The molecule has 0 fully saturated rings. The average molecular weight is 216 g/mol. The summed E-state index contributed by atoms with van der Waals surface area (Å²) in [7, 11) is 0. The Hall–Kier alpha value is -2.36. The summed E-state index contributed by atoms with van der Waals surface area (Å²) < 4.78 is 0. The Labute approximate surface area is 93.0 Å². The molecule has 0 saturated carbocycles. The van der Waals surface area contributed by atoms with Crippen molar-refractivity contribution in [3.63, 3.8) is 0 Å². The van der Waals surface area contributed by atoms with Crippen LogP contribution in [0.4, 0.5) is 0 Å². The number of hydrogen-bond donors (Lipinski definition) is 2. The fourth-order valence-corrected chi connectivity index (χ4v) is 1.34. The second-order valence-electron chi connectivity index (χ2n) is 2.94. The van der Waals surface area contributed by atoms with E-state index in [0.717, 1.165) is 16.5 Å². The van der Waals surface area contributed by atoms with Crippen molar-refractivity contribution in [2.24, 2.45) is 5.73 Å². The minimum absolute atomic E-state index is 0.250. The average Bonchev–Trinajstić information content (AvgIpc) is 2.29. The van der Waals surface area contributed by atoms with Crippen molar-refractivity contribution in [3.8, 4) is 5.75 Å². The lowest BCUT2D eigenvalue weighted by atomic mass is 10.1. The molecule has 0 unspecified atom stereocenters. The van der Waals surface area contributed by atoms with Gasteiger partial charge in [-0.15, -0.1) is 0 Å². The van der Waals surface area contributed by atoms with E-state index in [9.17, 15) is 5.11 Å². The molecular weight excluding hydrogens is 204 g/mol. The number of nitrogens with two attached hydrogens (primary N) is 1. The second kappa shape index (κ2) is 5.50.